The fourth-order valence-corrected chi connectivity index (χ4v) is 5.78. The van der Waals surface area contributed by atoms with Crippen LogP contribution in [0.25, 0.3) is 0 Å². The second kappa shape index (κ2) is 7.86. The molecule has 3 rings (SSSR count). The van der Waals surface area contributed by atoms with Crippen LogP contribution >= 0.6 is 11.3 Å². The third-order valence-corrected chi connectivity index (χ3v) is 8.05. The van der Waals surface area contributed by atoms with Gasteiger partial charge in [-0.05, 0) is 18.4 Å². The predicted octanol–water partition coefficient (Wildman–Crippen LogP) is 2.75. The van der Waals surface area contributed by atoms with Crippen molar-refractivity contribution < 1.29 is 39.9 Å². The van der Waals surface area contributed by atoms with Gasteiger partial charge in [-0.25, -0.2) is 18.4 Å². The van der Waals surface area contributed by atoms with Crippen LogP contribution < -0.4 is 4.90 Å². The van der Waals surface area contributed by atoms with E-state index in [0.29, 0.717) is 0 Å². The van der Waals surface area contributed by atoms with Gasteiger partial charge < -0.3 is 10.0 Å². The highest BCUT2D eigenvalue weighted by Gasteiger charge is 2.71. The Morgan fingerprint density at radius 3 is 2.13 bits per heavy atom. The van der Waals surface area contributed by atoms with Gasteiger partial charge in [0, 0.05) is 43.6 Å². The summed E-state index contributed by atoms with van der Waals surface area (Å²) in [6.45, 7) is 1.72. The van der Waals surface area contributed by atoms with E-state index in [2.05, 4.69) is 9.97 Å². The van der Waals surface area contributed by atoms with Crippen molar-refractivity contribution in [2.75, 3.05) is 24.5 Å². The fourth-order valence-electron chi connectivity index (χ4n) is 3.12. The number of aromatic nitrogens is 2. The molecule has 15 heteroatoms. The van der Waals surface area contributed by atoms with Crippen molar-refractivity contribution in [3.05, 3.63) is 35.5 Å². The van der Waals surface area contributed by atoms with E-state index in [1.807, 2.05) is 0 Å². The zero-order valence-corrected chi connectivity index (χ0v) is 17.4. The first-order valence-corrected chi connectivity index (χ1v) is 11.0. The highest BCUT2D eigenvalue weighted by molar-refractivity contribution is 7.91. The number of sulfonamides is 1. The number of nitrogens with zero attached hydrogens (tertiary/aromatic N) is 4. The molecule has 1 atom stereocenters. The van der Waals surface area contributed by atoms with Crippen LogP contribution in [0.4, 0.5) is 32.3 Å². The number of rotatable bonds is 4. The minimum Gasteiger partial charge on any atom is -0.369 e. The van der Waals surface area contributed by atoms with Gasteiger partial charge in [-0.3, -0.25) is 0 Å². The van der Waals surface area contributed by atoms with Crippen molar-refractivity contribution in [3.8, 4) is 0 Å². The van der Waals surface area contributed by atoms with E-state index in [0.717, 1.165) is 11.3 Å². The largest absolute Gasteiger partial charge is 0.430 e. The second-order valence-corrected chi connectivity index (χ2v) is 9.93. The number of hydrogen-bond donors (Lipinski definition) is 1. The Morgan fingerprint density at radius 2 is 1.68 bits per heavy atom. The molecule has 0 bridgehead atoms. The Bertz CT molecular complexity index is 995. The van der Waals surface area contributed by atoms with Crippen molar-refractivity contribution in [1.29, 1.82) is 0 Å². The first-order valence-electron chi connectivity index (χ1n) is 8.68. The lowest BCUT2D eigenvalue weighted by Gasteiger charge is -2.39. The quantitative estimate of drug-likeness (QED) is 0.664. The van der Waals surface area contributed by atoms with Gasteiger partial charge in [0.1, 0.15) is 4.21 Å². The number of halogens is 6. The van der Waals surface area contributed by atoms with Crippen LogP contribution in [0.1, 0.15) is 12.5 Å². The van der Waals surface area contributed by atoms with Crippen molar-refractivity contribution in [1.82, 2.24) is 14.3 Å². The van der Waals surface area contributed by atoms with Gasteiger partial charge in [-0.15, -0.1) is 11.3 Å². The zero-order valence-electron chi connectivity index (χ0n) is 15.7. The van der Waals surface area contributed by atoms with Crippen LogP contribution in [0.15, 0.2) is 34.1 Å². The van der Waals surface area contributed by atoms with Crippen molar-refractivity contribution in [2.24, 2.45) is 0 Å². The van der Waals surface area contributed by atoms with E-state index in [9.17, 15) is 39.9 Å². The van der Waals surface area contributed by atoms with Gasteiger partial charge in [-0.1, -0.05) is 6.07 Å². The average Bonchev–Trinajstić information content (AvgIpc) is 3.21. The van der Waals surface area contributed by atoms with Gasteiger partial charge in [0.15, 0.2) is 0 Å². The number of anilines is 1. The fraction of sp³-hybridized carbons (Fsp3) is 0.500. The molecule has 0 saturated carbocycles. The maximum absolute atomic E-state index is 13.0. The molecule has 0 radical (unpaired) electrons. The lowest BCUT2D eigenvalue weighted by atomic mass is 9.95. The maximum Gasteiger partial charge on any atom is 0.430 e. The summed E-state index contributed by atoms with van der Waals surface area (Å²) < 4.78 is 105. The number of aliphatic hydroxyl groups is 1. The minimum atomic E-state index is -6.04. The lowest BCUT2D eigenvalue weighted by Crippen LogP contribution is -2.55. The molecule has 0 aromatic carbocycles. The molecule has 1 saturated heterocycles. The van der Waals surface area contributed by atoms with Crippen molar-refractivity contribution in [3.63, 3.8) is 0 Å². The number of piperazine rings is 1. The third-order valence-electron chi connectivity index (χ3n) is 4.81. The molecule has 2 aromatic rings. The summed E-state index contributed by atoms with van der Waals surface area (Å²) in [5.74, 6) is -0.184. The molecule has 1 N–H and O–H groups in total. The Kier molecular flexibility index (Phi) is 6.01. The van der Waals surface area contributed by atoms with Crippen LogP contribution in [0.2, 0.25) is 0 Å². The Hall–Kier alpha value is -1.97. The van der Waals surface area contributed by atoms with E-state index >= 15 is 0 Å². The summed E-state index contributed by atoms with van der Waals surface area (Å²) >= 11 is 1.05. The summed E-state index contributed by atoms with van der Waals surface area (Å²) in [4.78, 5) is 8.61. The van der Waals surface area contributed by atoms with Gasteiger partial charge in [0.25, 0.3) is 15.6 Å². The molecule has 1 aliphatic rings. The minimum absolute atomic E-state index is 0.0143. The standard InChI is InChI=1S/C16H16F6N4O3S2/c1-10-9-25(31(28,29)12-3-2-6-30-12)4-5-26(10)13-23-7-11(8-24-13)14(27,15(17,18)19)16(20,21)22/h2-3,6-8,10,27H,4-5,9H2,1H3. The highest BCUT2D eigenvalue weighted by Crippen LogP contribution is 2.49. The van der Waals surface area contributed by atoms with Crippen molar-refractivity contribution >= 4 is 27.3 Å². The molecule has 1 aliphatic heterocycles. The number of alkyl halides is 6. The molecule has 31 heavy (non-hydrogen) atoms. The molecule has 1 fully saturated rings. The van der Waals surface area contributed by atoms with Gasteiger partial charge in [0.05, 0.1) is 0 Å². The SMILES string of the molecule is CC1CN(S(=O)(=O)c2cccs2)CCN1c1ncc(C(O)(C(F)(F)F)C(F)(F)F)cn1. The first kappa shape index (κ1) is 23.7. The molecular weight excluding hydrogens is 474 g/mol. The van der Waals surface area contributed by atoms with Crippen LogP contribution in [0.3, 0.4) is 0 Å². The molecule has 2 aromatic heterocycles. The zero-order chi connectivity index (χ0) is 23.2. The molecule has 0 aliphatic carbocycles. The molecule has 0 amide bonds. The average molecular weight is 490 g/mol. The monoisotopic (exact) mass is 490 g/mol. The molecule has 3 heterocycles. The predicted molar refractivity (Wildman–Crippen MR) is 97.9 cm³/mol. The summed E-state index contributed by atoms with van der Waals surface area (Å²) in [7, 11) is -3.71. The molecule has 7 nitrogen and oxygen atoms in total. The second-order valence-electron chi connectivity index (χ2n) is 6.82. The van der Waals surface area contributed by atoms with E-state index in [1.54, 1.807) is 18.4 Å². The molecule has 172 valence electrons. The third kappa shape index (κ3) is 4.10. The molecule has 0 spiro atoms. The van der Waals surface area contributed by atoms with E-state index in [1.165, 1.54) is 15.3 Å². The Labute approximate surface area is 177 Å². The smallest absolute Gasteiger partial charge is 0.369 e. The first-order chi connectivity index (χ1) is 14.2. The number of hydrogen-bond acceptors (Lipinski definition) is 7. The van der Waals surface area contributed by atoms with E-state index in [-0.39, 0.29) is 42.2 Å². The molecular formula is C16H16F6N4O3S2. The van der Waals surface area contributed by atoms with Crippen molar-refractivity contribution in [2.45, 2.75) is 35.1 Å². The maximum atomic E-state index is 13.0. The summed E-state index contributed by atoms with van der Waals surface area (Å²) in [5, 5.41) is 11.0. The van der Waals surface area contributed by atoms with E-state index in [4.69, 9.17) is 0 Å². The lowest BCUT2D eigenvalue weighted by molar-refractivity contribution is -0.376. The van der Waals surface area contributed by atoms with Gasteiger partial charge in [0.2, 0.25) is 5.95 Å². The molecule has 1 unspecified atom stereocenters. The summed E-state index contributed by atoms with van der Waals surface area (Å²) in [6.07, 6.45) is -11.5. The van der Waals surface area contributed by atoms with Gasteiger partial charge >= 0.3 is 12.4 Å². The van der Waals surface area contributed by atoms with Crippen LogP contribution in [0, 0.1) is 0 Å². The summed E-state index contributed by atoms with van der Waals surface area (Å²) in [6, 6.07) is 2.54. The Balaban J connectivity index is 1.81. The van der Waals surface area contributed by atoms with Crippen LogP contribution in [-0.4, -0.2) is 65.8 Å². The normalized spacial score (nSPS) is 19.6. The van der Waals surface area contributed by atoms with Crippen LogP contribution in [0.5, 0.6) is 0 Å². The van der Waals surface area contributed by atoms with E-state index < -0.39 is 39.6 Å². The van der Waals surface area contributed by atoms with Crippen LogP contribution in [-0.2, 0) is 15.6 Å². The summed E-state index contributed by atoms with van der Waals surface area (Å²) in [5.41, 5.74) is -6.68. The number of thiophene rings is 1. The topological polar surface area (TPSA) is 86.6 Å². The van der Waals surface area contributed by atoms with Gasteiger partial charge in [-0.2, -0.15) is 30.6 Å². The Morgan fingerprint density at radius 1 is 1.10 bits per heavy atom. The highest BCUT2D eigenvalue weighted by atomic mass is 32.2.